The Labute approximate surface area is 138 Å². The van der Waals surface area contributed by atoms with E-state index in [1.165, 1.54) is 0 Å². The first-order chi connectivity index (χ1) is 11.7. The van der Waals surface area contributed by atoms with Gasteiger partial charge >= 0.3 is 0 Å². The Balaban J connectivity index is 1.81. The third-order valence-electron chi connectivity index (χ3n) is 3.91. The van der Waals surface area contributed by atoms with Crippen LogP contribution in [0.1, 0.15) is 0 Å². The summed E-state index contributed by atoms with van der Waals surface area (Å²) in [6, 6.07) is 16.8. The van der Waals surface area contributed by atoms with E-state index < -0.39 is 0 Å². The van der Waals surface area contributed by atoms with Crippen LogP contribution in [-0.2, 0) is 0 Å². The van der Waals surface area contributed by atoms with Crippen LogP contribution in [0.4, 0.5) is 0 Å². The van der Waals surface area contributed by atoms with Crippen LogP contribution in [0.5, 0.6) is 11.5 Å². The summed E-state index contributed by atoms with van der Waals surface area (Å²) in [4.78, 5) is 4.46. The molecule has 118 valence electrons. The van der Waals surface area contributed by atoms with Crippen LogP contribution in [0.25, 0.3) is 28.0 Å². The zero-order valence-electron chi connectivity index (χ0n) is 13.0. The van der Waals surface area contributed by atoms with Gasteiger partial charge in [-0.1, -0.05) is 24.3 Å². The van der Waals surface area contributed by atoms with Crippen LogP contribution in [0.3, 0.4) is 0 Å². The van der Waals surface area contributed by atoms with Gasteiger partial charge in [-0.15, -0.1) is 0 Å². The van der Waals surface area contributed by atoms with Crippen molar-refractivity contribution in [2.24, 2.45) is 0 Å². The molecular formula is C19H15N3O2. The zero-order valence-corrected chi connectivity index (χ0v) is 13.0. The van der Waals surface area contributed by atoms with E-state index in [9.17, 15) is 5.11 Å². The van der Waals surface area contributed by atoms with Crippen LogP contribution in [0, 0.1) is 0 Å². The minimum atomic E-state index is 0.229. The molecule has 4 aromatic rings. The number of hydrogen-bond donors (Lipinski definition) is 1. The highest BCUT2D eigenvalue weighted by Crippen LogP contribution is 2.27. The Morgan fingerprint density at radius 1 is 0.917 bits per heavy atom. The SMILES string of the molecule is COc1cccc(-c2cnc3cc(-c4cccc(O)c4)cnn23)c1. The molecule has 0 amide bonds. The van der Waals surface area contributed by atoms with Crippen molar-refractivity contribution in [3.8, 4) is 33.9 Å². The maximum atomic E-state index is 9.64. The van der Waals surface area contributed by atoms with Crippen molar-refractivity contribution in [3.05, 3.63) is 67.0 Å². The third-order valence-corrected chi connectivity index (χ3v) is 3.91. The van der Waals surface area contributed by atoms with Crippen molar-refractivity contribution in [2.45, 2.75) is 0 Å². The summed E-state index contributed by atoms with van der Waals surface area (Å²) in [7, 11) is 1.65. The molecule has 2 aromatic heterocycles. The van der Waals surface area contributed by atoms with Crippen molar-refractivity contribution >= 4 is 5.65 Å². The lowest BCUT2D eigenvalue weighted by Crippen LogP contribution is -1.95. The number of aromatic hydroxyl groups is 1. The summed E-state index contributed by atoms with van der Waals surface area (Å²) in [5, 5.41) is 14.1. The maximum Gasteiger partial charge on any atom is 0.154 e. The Morgan fingerprint density at radius 3 is 2.58 bits per heavy atom. The number of rotatable bonds is 3. The van der Waals surface area contributed by atoms with Gasteiger partial charge in [0.25, 0.3) is 0 Å². The molecule has 0 aliphatic rings. The fourth-order valence-corrected chi connectivity index (χ4v) is 2.70. The van der Waals surface area contributed by atoms with Crippen LogP contribution in [0.2, 0.25) is 0 Å². The van der Waals surface area contributed by atoms with Gasteiger partial charge in [-0.05, 0) is 35.9 Å². The first-order valence-corrected chi connectivity index (χ1v) is 7.52. The summed E-state index contributed by atoms with van der Waals surface area (Å²) in [6.45, 7) is 0. The zero-order chi connectivity index (χ0) is 16.5. The van der Waals surface area contributed by atoms with Gasteiger partial charge < -0.3 is 9.84 Å². The van der Waals surface area contributed by atoms with Crippen LogP contribution in [-0.4, -0.2) is 26.8 Å². The molecule has 0 spiro atoms. The number of phenols is 1. The van der Waals surface area contributed by atoms with Crippen molar-refractivity contribution in [2.75, 3.05) is 7.11 Å². The van der Waals surface area contributed by atoms with Crippen LogP contribution in [0.15, 0.2) is 67.0 Å². The fourth-order valence-electron chi connectivity index (χ4n) is 2.70. The molecule has 0 saturated heterocycles. The lowest BCUT2D eigenvalue weighted by atomic mass is 10.1. The topological polar surface area (TPSA) is 59.7 Å². The van der Waals surface area contributed by atoms with Gasteiger partial charge in [-0.3, -0.25) is 0 Å². The van der Waals surface area contributed by atoms with Gasteiger partial charge in [0.1, 0.15) is 11.5 Å². The molecule has 0 unspecified atom stereocenters. The number of hydrogen-bond acceptors (Lipinski definition) is 4. The number of fused-ring (bicyclic) bond motifs is 1. The molecule has 0 bridgehead atoms. The second-order valence-electron chi connectivity index (χ2n) is 5.44. The van der Waals surface area contributed by atoms with E-state index in [1.54, 1.807) is 36.2 Å². The predicted octanol–water partition coefficient (Wildman–Crippen LogP) is 3.78. The van der Waals surface area contributed by atoms with Crippen LogP contribution < -0.4 is 4.74 Å². The van der Waals surface area contributed by atoms with Gasteiger partial charge in [-0.2, -0.15) is 5.10 Å². The van der Waals surface area contributed by atoms with Gasteiger partial charge in [0.15, 0.2) is 5.65 Å². The van der Waals surface area contributed by atoms with Gasteiger partial charge in [-0.25, -0.2) is 9.50 Å². The number of nitrogens with zero attached hydrogens (tertiary/aromatic N) is 3. The van der Waals surface area contributed by atoms with Gasteiger partial charge in [0.2, 0.25) is 0 Å². The number of aromatic nitrogens is 3. The summed E-state index contributed by atoms with van der Waals surface area (Å²) < 4.78 is 7.07. The molecular weight excluding hydrogens is 302 g/mol. The molecule has 0 aliphatic heterocycles. The standard InChI is InChI=1S/C19H15N3O2/c1-24-17-7-3-5-14(9-17)18-12-20-19-10-15(11-21-22(18)19)13-4-2-6-16(23)8-13/h2-12,23H,1H3. The average Bonchev–Trinajstić information content (AvgIpc) is 3.05. The van der Waals surface area contributed by atoms with E-state index in [-0.39, 0.29) is 5.75 Å². The molecule has 0 aliphatic carbocycles. The first-order valence-electron chi connectivity index (χ1n) is 7.52. The summed E-state index contributed by atoms with van der Waals surface area (Å²) in [5.74, 6) is 1.02. The van der Waals surface area contributed by atoms with E-state index in [1.807, 2.05) is 42.5 Å². The average molecular weight is 317 g/mol. The fraction of sp³-hybridized carbons (Fsp3) is 0.0526. The number of ether oxygens (including phenoxy) is 1. The maximum absolute atomic E-state index is 9.64. The summed E-state index contributed by atoms with van der Waals surface area (Å²) >= 11 is 0. The number of benzene rings is 2. The first kappa shape index (κ1) is 14.3. The largest absolute Gasteiger partial charge is 0.508 e. The second kappa shape index (κ2) is 5.70. The van der Waals surface area contributed by atoms with Crippen LogP contribution >= 0.6 is 0 Å². The summed E-state index contributed by atoms with van der Waals surface area (Å²) in [6.07, 6.45) is 3.57. The van der Waals surface area contributed by atoms with E-state index in [2.05, 4.69) is 10.1 Å². The second-order valence-corrected chi connectivity index (χ2v) is 5.44. The molecule has 0 saturated carbocycles. The van der Waals surface area contributed by atoms with Gasteiger partial charge in [0.05, 0.1) is 25.2 Å². The highest BCUT2D eigenvalue weighted by molar-refractivity contribution is 5.70. The van der Waals surface area contributed by atoms with E-state index in [0.717, 1.165) is 33.8 Å². The molecule has 2 aromatic carbocycles. The molecule has 24 heavy (non-hydrogen) atoms. The molecule has 5 nitrogen and oxygen atoms in total. The Bertz CT molecular complexity index is 1020. The van der Waals surface area contributed by atoms with Crippen molar-refractivity contribution in [3.63, 3.8) is 0 Å². The smallest absolute Gasteiger partial charge is 0.154 e. The number of phenolic OH excluding ortho intramolecular Hbond substituents is 1. The number of imidazole rings is 1. The lowest BCUT2D eigenvalue weighted by Gasteiger charge is -2.05. The molecule has 5 heteroatoms. The molecule has 0 fully saturated rings. The van der Waals surface area contributed by atoms with E-state index in [4.69, 9.17) is 4.74 Å². The quantitative estimate of drug-likeness (QED) is 0.625. The van der Waals surface area contributed by atoms with E-state index >= 15 is 0 Å². The molecule has 0 radical (unpaired) electrons. The highest BCUT2D eigenvalue weighted by atomic mass is 16.5. The lowest BCUT2D eigenvalue weighted by molar-refractivity contribution is 0.415. The summed E-state index contributed by atoms with van der Waals surface area (Å²) in [5.41, 5.74) is 4.43. The van der Waals surface area contributed by atoms with Gasteiger partial charge in [0, 0.05) is 11.1 Å². The molecule has 2 heterocycles. The van der Waals surface area contributed by atoms with Crippen molar-refractivity contribution in [1.29, 1.82) is 0 Å². The minimum Gasteiger partial charge on any atom is -0.508 e. The highest BCUT2D eigenvalue weighted by Gasteiger charge is 2.09. The van der Waals surface area contributed by atoms with Crippen molar-refractivity contribution < 1.29 is 9.84 Å². The van der Waals surface area contributed by atoms with E-state index in [0.29, 0.717) is 0 Å². The minimum absolute atomic E-state index is 0.229. The Kier molecular flexibility index (Phi) is 3.39. The Morgan fingerprint density at radius 2 is 1.75 bits per heavy atom. The third kappa shape index (κ3) is 2.46. The molecule has 0 atom stereocenters. The van der Waals surface area contributed by atoms with Crippen molar-refractivity contribution in [1.82, 2.24) is 14.6 Å². The number of methoxy groups -OCH3 is 1. The normalized spacial score (nSPS) is 10.9. The molecule has 1 N–H and O–H groups in total. The predicted molar refractivity (Wildman–Crippen MR) is 92.1 cm³/mol. The monoisotopic (exact) mass is 317 g/mol. The Hall–Kier alpha value is -3.34. The molecule has 4 rings (SSSR count).